The molecule has 1 atom stereocenters. The summed E-state index contributed by atoms with van der Waals surface area (Å²) in [6, 6.07) is 13.1. The summed E-state index contributed by atoms with van der Waals surface area (Å²) in [7, 11) is 0. The van der Waals surface area contributed by atoms with Gasteiger partial charge < -0.3 is 10.4 Å². The van der Waals surface area contributed by atoms with Crippen molar-refractivity contribution in [3.8, 4) is 0 Å². The van der Waals surface area contributed by atoms with Crippen molar-refractivity contribution in [3.63, 3.8) is 0 Å². The lowest BCUT2D eigenvalue weighted by Gasteiger charge is -2.12. The van der Waals surface area contributed by atoms with Crippen molar-refractivity contribution in [1.82, 2.24) is 10.3 Å². The SMILES string of the molecule is CSc1cc(C(=O)NCC(O)Cc2ccccc2)ccn1. The largest absolute Gasteiger partial charge is 0.391 e. The van der Waals surface area contributed by atoms with Gasteiger partial charge in [-0.05, 0) is 24.0 Å². The van der Waals surface area contributed by atoms with Gasteiger partial charge in [-0.3, -0.25) is 4.79 Å². The summed E-state index contributed by atoms with van der Waals surface area (Å²) in [6.07, 6.45) is 3.45. The van der Waals surface area contributed by atoms with Crippen molar-refractivity contribution < 1.29 is 9.90 Å². The number of carbonyl (C=O) groups excluding carboxylic acids is 1. The van der Waals surface area contributed by atoms with Crippen LogP contribution in [0, 0.1) is 0 Å². The number of nitrogens with zero attached hydrogens (tertiary/aromatic N) is 1. The number of carbonyl (C=O) groups is 1. The summed E-state index contributed by atoms with van der Waals surface area (Å²) < 4.78 is 0. The third-order valence-electron chi connectivity index (χ3n) is 3.02. The highest BCUT2D eigenvalue weighted by Crippen LogP contribution is 2.12. The Morgan fingerprint density at radius 2 is 2.10 bits per heavy atom. The van der Waals surface area contributed by atoms with Crippen LogP contribution >= 0.6 is 11.8 Å². The van der Waals surface area contributed by atoms with E-state index in [1.165, 1.54) is 11.8 Å². The molecule has 1 aromatic heterocycles. The van der Waals surface area contributed by atoms with Gasteiger partial charge in [0, 0.05) is 24.7 Å². The normalized spacial score (nSPS) is 11.9. The second-order valence-electron chi connectivity index (χ2n) is 4.64. The number of nitrogens with one attached hydrogen (secondary N) is 1. The Morgan fingerprint density at radius 3 is 2.81 bits per heavy atom. The molecule has 1 heterocycles. The lowest BCUT2D eigenvalue weighted by Crippen LogP contribution is -2.33. The number of benzene rings is 1. The van der Waals surface area contributed by atoms with Gasteiger partial charge in [-0.25, -0.2) is 4.98 Å². The van der Waals surface area contributed by atoms with E-state index in [0.717, 1.165) is 10.6 Å². The quantitative estimate of drug-likeness (QED) is 0.803. The number of aliphatic hydroxyl groups is 1. The molecule has 0 fully saturated rings. The van der Waals surface area contributed by atoms with Gasteiger partial charge in [0.15, 0.2) is 0 Å². The molecule has 0 bridgehead atoms. The molecular formula is C16H18N2O2S. The third-order valence-corrected chi connectivity index (χ3v) is 3.66. The van der Waals surface area contributed by atoms with Crippen LogP contribution in [-0.4, -0.2) is 34.9 Å². The van der Waals surface area contributed by atoms with Gasteiger partial charge in [-0.15, -0.1) is 11.8 Å². The van der Waals surface area contributed by atoms with Crippen LogP contribution in [0.5, 0.6) is 0 Å². The summed E-state index contributed by atoms with van der Waals surface area (Å²) in [5.74, 6) is -0.195. The number of aliphatic hydroxyl groups excluding tert-OH is 1. The van der Waals surface area contributed by atoms with E-state index in [-0.39, 0.29) is 12.5 Å². The van der Waals surface area contributed by atoms with Crippen LogP contribution < -0.4 is 5.32 Å². The molecule has 0 saturated heterocycles. The van der Waals surface area contributed by atoms with E-state index in [9.17, 15) is 9.90 Å². The molecule has 2 N–H and O–H groups in total. The molecule has 1 aromatic carbocycles. The molecule has 0 radical (unpaired) electrons. The highest BCUT2D eigenvalue weighted by atomic mass is 32.2. The van der Waals surface area contributed by atoms with Crippen LogP contribution in [0.2, 0.25) is 0 Å². The number of rotatable bonds is 6. The van der Waals surface area contributed by atoms with Gasteiger partial charge in [0.25, 0.3) is 5.91 Å². The summed E-state index contributed by atoms with van der Waals surface area (Å²) in [4.78, 5) is 16.1. The third kappa shape index (κ3) is 4.88. The minimum absolute atomic E-state index is 0.195. The predicted octanol–water partition coefficient (Wildman–Crippen LogP) is 2.14. The number of aromatic nitrogens is 1. The lowest BCUT2D eigenvalue weighted by atomic mass is 10.1. The standard InChI is InChI=1S/C16H18N2O2S/c1-21-15-10-13(7-8-17-15)16(20)18-11-14(19)9-12-5-3-2-4-6-12/h2-8,10,14,19H,9,11H2,1H3,(H,18,20). The zero-order valence-corrected chi connectivity index (χ0v) is 12.6. The molecule has 0 saturated carbocycles. The minimum atomic E-state index is -0.599. The molecule has 1 unspecified atom stereocenters. The van der Waals surface area contributed by atoms with E-state index >= 15 is 0 Å². The summed E-state index contributed by atoms with van der Waals surface area (Å²) in [5, 5.41) is 13.5. The number of hydrogen-bond donors (Lipinski definition) is 2. The Morgan fingerprint density at radius 1 is 1.33 bits per heavy atom. The van der Waals surface area contributed by atoms with E-state index in [1.807, 2.05) is 36.6 Å². The van der Waals surface area contributed by atoms with Crippen molar-refractivity contribution in [3.05, 3.63) is 59.8 Å². The molecule has 21 heavy (non-hydrogen) atoms. The molecule has 0 aliphatic rings. The second-order valence-corrected chi connectivity index (χ2v) is 5.47. The van der Waals surface area contributed by atoms with E-state index in [1.54, 1.807) is 18.3 Å². The molecule has 1 amide bonds. The van der Waals surface area contributed by atoms with E-state index in [0.29, 0.717) is 12.0 Å². The highest BCUT2D eigenvalue weighted by molar-refractivity contribution is 7.98. The molecule has 2 aromatic rings. The maximum absolute atomic E-state index is 12.0. The van der Waals surface area contributed by atoms with Crippen molar-refractivity contribution in [1.29, 1.82) is 0 Å². The fourth-order valence-electron chi connectivity index (χ4n) is 1.93. The van der Waals surface area contributed by atoms with Gasteiger partial charge in [-0.1, -0.05) is 30.3 Å². The fraction of sp³-hybridized carbons (Fsp3) is 0.250. The lowest BCUT2D eigenvalue weighted by molar-refractivity contribution is 0.0915. The molecule has 2 rings (SSSR count). The number of hydrogen-bond acceptors (Lipinski definition) is 4. The van der Waals surface area contributed by atoms with Crippen LogP contribution in [0.15, 0.2) is 53.7 Å². The monoisotopic (exact) mass is 302 g/mol. The Kier molecular flexibility index (Phi) is 5.78. The Balaban J connectivity index is 1.85. The molecular weight excluding hydrogens is 284 g/mol. The second kappa shape index (κ2) is 7.81. The highest BCUT2D eigenvalue weighted by Gasteiger charge is 2.10. The van der Waals surface area contributed by atoms with Crippen molar-refractivity contribution in [2.45, 2.75) is 17.6 Å². The molecule has 110 valence electrons. The van der Waals surface area contributed by atoms with E-state index < -0.39 is 6.10 Å². The van der Waals surface area contributed by atoms with Crippen LogP contribution in [0.25, 0.3) is 0 Å². The van der Waals surface area contributed by atoms with E-state index in [4.69, 9.17) is 0 Å². The molecule has 5 heteroatoms. The average molecular weight is 302 g/mol. The molecule has 4 nitrogen and oxygen atoms in total. The first kappa shape index (κ1) is 15.5. The summed E-state index contributed by atoms with van der Waals surface area (Å²) >= 11 is 1.49. The van der Waals surface area contributed by atoms with Gasteiger partial charge in [0.05, 0.1) is 11.1 Å². The predicted molar refractivity (Wildman–Crippen MR) is 84.5 cm³/mol. The average Bonchev–Trinajstić information content (AvgIpc) is 2.53. The molecule has 0 aliphatic heterocycles. The van der Waals surface area contributed by atoms with Gasteiger partial charge >= 0.3 is 0 Å². The number of thioether (sulfide) groups is 1. The van der Waals surface area contributed by atoms with Crippen molar-refractivity contribution in [2.75, 3.05) is 12.8 Å². The minimum Gasteiger partial charge on any atom is -0.391 e. The number of pyridine rings is 1. The van der Waals surface area contributed by atoms with Crippen molar-refractivity contribution >= 4 is 17.7 Å². The van der Waals surface area contributed by atoms with Gasteiger partial charge in [0.2, 0.25) is 0 Å². The Hall–Kier alpha value is -1.85. The fourth-order valence-corrected chi connectivity index (χ4v) is 2.34. The first-order valence-corrected chi connectivity index (χ1v) is 7.91. The summed E-state index contributed by atoms with van der Waals surface area (Å²) in [5.41, 5.74) is 1.61. The van der Waals surface area contributed by atoms with Crippen LogP contribution in [-0.2, 0) is 6.42 Å². The maximum atomic E-state index is 12.0. The zero-order valence-electron chi connectivity index (χ0n) is 11.8. The van der Waals surface area contributed by atoms with Crippen LogP contribution in [0.3, 0.4) is 0 Å². The Bertz CT molecular complexity index is 590. The maximum Gasteiger partial charge on any atom is 0.251 e. The van der Waals surface area contributed by atoms with Crippen LogP contribution in [0.4, 0.5) is 0 Å². The topological polar surface area (TPSA) is 62.2 Å². The number of amides is 1. The van der Waals surface area contributed by atoms with Crippen molar-refractivity contribution in [2.24, 2.45) is 0 Å². The van der Waals surface area contributed by atoms with Gasteiger partial charge in [0.1, 0.15) is 0 Å². The van der Waals surface area contributed by atoms with Gasteiger partial charge in [-0.2, -0.15) is 0 Å². The first-order chi connectivity index (χ1) is 10.2. The van der Waals surface area contributed by atoms with Crippen LogP contribution in [0.1, 0.15) is 15.9 Å². The zero-order chi connectivity index (χ0) is 15.1. The Labute approximate surface area is 128 Å². The first-order valence-electron chi connectivity index (χ1n) is 6.69. The molecule has 0 spiro atoms. The smallest absolute Gasteiger partial charge is 0.251 e. The summed E-state index contributed by atoms with van der Waals surface area (Å²) in [6.45, 7) is 0.227. The van der Waals surface area contributed by atoms with E-state index in [2.05, 4.69) is 10.3 Å². The molecule has 0 aliphatic carbocycles.